The number of carbonyl (C=O) groups is 1. The highest BCUT2D eigenvalue weighted by Crippen LogP contribution is 2.64. The number of amides is 1. The lowest BCUT2D eigenvalue weighted by molar-refractivity contribution is -0.120. The predicted molar refractivity (Wildman–Crippen MR) is 69.9 cm³/mol. The molecular weight excluding hydrogens is 313 g/mol. The largest absolute Gasteiger partial charge is 0.324 e. The van der Waals surface area contributed by atoms with Crippen molar-refractivity contribution < 1.29 is 4.79 Å². The van der Waals surface area contributed by atoms with Crippen molar-refractivity contribution in [2.24, 2.45) is 5.41 Å². The molecule has 0 spiro atoms. The average molecular weight is 323 g/mol. The van der Waals surface area contributed by atoms with Gasteiger partial charge in [0.05, 0.1) is 11.1 Å². The number of hydrogen-bond donors (Lipinski definition) is 1. The molecule has 0 radical (unpaired) electrons. The van der Waals surface area contributed by atoms with Gasteiger partial charge in [0.25, 0.3) is 0 Å². The molecule has 1 aromatic carbocycles. The number of benzene rings is 1. The molecule has 86 valence electrons. The Kier molecular flexibility index (Phi) is 2.97. The van der Waals surface area contributed by atoms with Crippen molar-refractivity contribution in [2.45, 2.75) is 17.7 Å². The van der Waals surface area contributed by atoms with Gasteiger partial charge >= 0.3 is 0 Å². The Morgan fingerprint density at radius 3 is 2.50 bits per heavy atom. The molecule has 1 amide bonds. The Morgan fingerprint density at radius 2 is 2.00 bits per heavy atom. The number of rotatable bonds is 2. The topological polar surface area (TPSA) is 29.1 Å². The summed E-state index contributed by atoms with van der Waals surface area (Å²) < 4.78 is -0.0967. The molecular formula is C11H10BrCl2NO. The Bertz CT molecular complexity index is 449. The van der Waals surface area contributed by atoms with Crippen LogP contribution in [0.4, 0.5) is 5.69 Å². The molecule has 2 nitrogen and oxygen atoms in total. The Hall–Kier alpha value is -0.250. The minimum atomic E-state index is -0.932. The maximum Gasteiger partial charge on any atom is 0.233 e. The molecule has 5 heteroatoms. The van der Waals surface area contributed by atoms with Gasteiger partial charge in [-0.25, -0.2) is 0 Å². The van der Waals surface area contributed by atoms with Crippen LogP contribution in [0, 0.1) is 5.41 Å². The number of alkyl halides is 2. The normalized spacial score (nSPS) is 26.2. The summed E-state index contributed by atoms with van der Waals surface area (Å²) in [7, 11) is 0. The summed E-state index contributed by atoms with van der Waals surface area (Å²) in [5.41, 5.74) is 0.0375. The lowest BCUT2D eigenvalue weighted by Gasteiger charge is -2.13. The van der Waals surface area contributed by atoms with Gasteiger partial charge in [-0.15, -0.1) is 23.2 Å². The van der Waals surface area contributed by atoms with E-state index in [1.54, 1.807) is 6.92 Å². The van der Waals surface area contributed by atoms with Gasteiger partial charge in [0, 0.05) is 4.47 Å². The first-order valence-electron chi connectivity index (χ1n) is 4.81. The van der Waals surface area contributed by atoms with Crippen molar-refractivity contribution in [2.75, 3.05) is 5.32 Å². The lowest BCUT2D eigenvalue weighted by atomic mass is 10.1. The summed E-state index contributed by atoms with van der Waals surface area (Å²) >= 11 is 15.2. The fraction of sp³-hybridized carbons (Fsp3) is 0.364. The average Bonchev–Trinajstić information content (AvgIpc) is 2.71. The maximum absolute atomic E-state index is 12.0. The van der Waals surface area contributed by atoms with Crippen LogP contribution in [-0.4, -0.2) is 10.2 Å². The summed E-state index contributed by atoms with van der Waals surface area (Å²) in [4.78, 5) is 12.0. The van der Waals surface area contributed by atoms with Crippen molar-refractivity contribution in [1.29, 1.82) is 0 Å². The second kappa shape index (κ2) is 3.90. The minimum Gasteiger partial charge on any atom is -0.324 e. The number of halogens is 3. The summed E-state index contributed by atoms with van der Waals surface area (Å²) in [6, 6.07) is 7.41. The van der Waals surface area contributed by atoms with E-state index < -0.39 is 9.75 Å². The van der Waals surface area contributed by atoms with E-state index >= 15 is 0 Å². The highest BCUT2D eigenvalue weighted by atomic mass is 79.9. The fourth-order valence-electron chi connectivity index (χ4n) is 1.47. The number of nitrogens with one attached hydrogen (secondary N) is 1. The smallest absolute Gasteiger partial charge is 0.233 e. The molecule has 1 saturated carbocycles. The molecule has 0 saturated heterocycles. The minimum absolute atomic E-state index is 0.149. The van der Waals surface area contributed by atoms with E-state index in [9.17, 15) is 4.79 Å². The van der Waals surface area contributed by atoms with Crippen molar-refractivity contribution in [3.63, 3.8) is 0 Å². The molecule has 1 fully saturated rings. The Morgan fingerprint density at radius 1 is 1.44 bits per heavy atom. The molecule has 1 aliphatic carbocycles. The third-order valence-corrected chi connectivity index (χ3v) is 4.67. The second-order valence-corrected chi connectivity index (χ2v) is 6.49. The highest BCUT2D eigenvalue weighted by Gasteiger charge is 2.67. The standard InChI is InChI=1S/C11H10BrCl2NO/c1-10(6-11(10,13)14)9(16)15-8-5-3-2-4-7(8)12/h2-5H,6H2,1H3,(H,15,16). The van der Waals surface area contributed by atoms with Gasteiger partial charge in [0.1, 0.15) is 4.33 Å². The van der Waals surface area contributed by atoms with E-state index in [4.69, 9.17) is 23.2 Å². The van der Waals surface area contributed by atoms with Gasteiger partial charge in [-0.05, 0) is 41.4 Å². The number of hydrogen-bond acceptors (Lipinski definition) is 1. The van der Waals surface area contributed by atoms with Crippen LogP contribution in [0.3, 0.4) is 0 Å². The van der Waals surface area contributed by atoms with Crippen LogP contribution in [0.2, 0.25) is 0 Å². The summed E-state index contributed by atoms with van der Waals surface area (Å²) in [5, 5.41) is 2.81. The molecule has 2 rings (SSSR count). The number of carbonyl (C=O) groups excluding carboxylic acids is 1. The van der Waals surface area contributed by atoms with Gasteiger partial charge < -0.3 is 5.32 Å². The van der Waals surface area contributed by atoms with Crippen LogP contribution < -0.4 is 5.32 Å². The van der Waals surface area contributed by atoms with Crippen LogP contribution in [0.25, 0.3) is 0 Å². The van der Waals surface area contributed by atoms with E-state index in [-0.39, 0.29) is 5.91 Å². The van der Waals surface area contributed by atoms with Gasteiger partial charge in [0.2, 0.25) is 5.91 Å². The summed E-state index contributed by atoms with van der Waals surface area (Å²) in [6.45, 7) is 1.76. The van der Waals surface area contributed by atoms with Gasteiger partial charge in [-0.3, -0.25) is 4.79 Å². The van der Waals surface area contributed by atoms with Crippen molar-refractivity contribution >= 4 is 50.7 Å². The van der Waals surface area contributed by atoms with Crippen LogP contribution in [0.5, 0.6) is 0 Å². The molecule has 0 aromatic heterocycles. The third-order valence-electron chi connectivity index (χ3n) is 2.88. The molecule has 0 bridgehead atoms. The molecule has 1 unspecified atom stereocenters. The zero-order valence-electron chi connectivity index (χ0n) is 8.56. The van der Waals surface area contributed by atoms with E-state index in [0.717, 1.165) is 10.2 Å². The molecule has 0 aliphatic heterocycles. The SMILES string of the molecule is CC1(C(=O)Nc2ccccc2Br)CC1(Cl)Cl. The first-order chi connectivity index (χ1) is 7.37. The van der Waals surface area contributed by atoms with Gasteiger partial charge in [0.15, 0.2) is 0 Å². The van der Waals surface area contributed by atoms with Crippen molar-refractivity contribution in [1.82, 2.24) is 0 Å². The molecule has 0 heterocycles. The third kappa shape index (κ3) is 1.96. The Balaban J connectivity index is 2.13. The van der Waals surface area contributed by atoms with Crippen molar-refractivity contribution in [3.8, 4) is 0 Å². The first kappa shape index (κ1) is 12.2. The summed E-state index contributed by atoms with van der Waals surface area (Å²) in [6.07, 6.45) is 0.486. The summed E-state index contributed by atoms with van der Waals surface area (Å²) in [5.74, 6) is -0.149. The highest BCUT2D eigenvalue weighted by molar-refractivity contribution is 9.10. The first-order valence-corrected chi connectivity index (χ1v) is 6.35. The molecule has 1 N–H and O–H groups in total. The maximum atomic E-state index is 12.0. The van der Waals surface area contributed by atoms with Crippen LogP contribution >= 0.6 is 39.1 Å². The quantitative estimate of drug-likeness (QED) is 0.820. The number of para-hydroxylation sites is 1. The molecule has 1 aromatic rings. The molecule has 1 aliphatic rings. The second-order valence-electron chi connectivity index (χ2n) is 4.15. The Labute approximate surface area is 112 Å². The van der Waals surface area contributed by atoms with Crippen LogP contribution in [0.15, 0.2) is 28.7 Å². The van der Waals surface area contributed by atoms with Crippen LogP contribution in [-0.2, 0) is 4.79 Å². The molecule has 1 atom stereocenters. The van der Waals surface area contributed by atoms with E-state index in [2.05, 4.69) is 21.2 Å². The fourth-order valence-corrected chi connectivity index (χ4v) is 2.56. The van der Waals surface area contributed by atoms with E-state index in [1.165, 1.54) is 0 Å². The predicted octanol–water partition coefficient (Wildman–Crippen LogP) is 3.97. The zero-order valence-corrected chi connectivity index (χ0v) is 11.7. The lowest BCUT2D eigenvalue weighted by Crippen LogP contribution is -2.26. The van der Waals surface area contributed by atoms with E-state index in [1.807, 2.05) is 24.3 Å². The number of anilines is 1. The van der Waals surface area contributed by atoms with Gasteiger partial charge in [-0.2, -0.15) is 0 Å². The van der Waals surface area contributed by atoms with Crippen LogP contribution in [0.1, 0.15) is 13.3 Å². The van der Waals surface area contributed by atoms with Gasteiger partial charge in [-0.1, -0.05) is 12.1 Å². The van der Waals surface area contributed by atoms with E-state index in [0.29, 0.717) is 6.42 Å². The monoisotopic (exact) mass is 321 g/mol. The molecule has 16 heavy (non-hydrogen) atoms. The van der Waals surface area contributed by atoms with Crippen molar-refractivity contribution in [3.05, 3.63) is 28.7 Å². The zero-order chi connectivity index (χ0) is 12.0.